The summed E-state index contributed by atoms with van der Waals surface area (Å²) in [5.74, 6) is 1.95. The fraction of sp³-hybridized carbons (Fsp3) is 0.350. The van der Waals surface area contributed by atoms with Gasteiger partial charge in [-0.05, 0) is 19.3 Å². The predicted octanol–water partition coefficient (Wildman–Crippen LogP) is 2.75. The summed E-state index contributed by atoms with van der Waals surface area (Å²) in [5, 5.41) is 0. The average molecular weight is 349 g/mol. The molecule has 1 aromatic carbocycles. The van der Waals surface area contributed by atoms with E-state index in [9.17, 15) is 4.79 Å². The fourth-order valence-electron chi connectivity index (χ4n) is 3.65. The number of likely N-dealkylation sites (tertiary alicyclic amines) is 1. The van der Waals surface area contributed by atoms with Gasteiger partial charge in [-0.3, -0.25) is 4.79 Å². The van der Waals surface area contributed by atoms with E-state index in [1.807, 2.05) is 42.5 Å². The van der Waals surface area contributed by atoms with E-state index in [1.165, 1.54) is 0 Å². The van der Waals surface area contributed by atoms with Crippen molar-refractivity contribution in [3.63, 3.8) is 0 Å². The highest BCUT2D eigenvalue weighted by Crippen LogP contribution is 2.25. The quantitative estimate of drug-likeness (QED) is 0.728. The lowest BCUT2D eigenvalue weighted by molar-refractivity contribution is 0.0770. The van der Waals surface area contributed by atoms with Crippen molar-refractivity contribution in [3.05, 3.63) is 60.4 Å². The van der Waals surface area contributed by atoms with Crippen molar-refractivity contribution in [1.82, 2.24) is 24.0 Å². The fourth-order valence-corrected chi connectivity index (χ4v) is 3.65. The summed E-state index contributed by atoms with van der Waals surface area (Å²) in [7, 11) is 1.86. The van der Waals surface area contributed by atoms with Gasteiger partial charge in [0.25, 0.3) is 5.91 Å². The van der Waals surface area contributed by atoms with Crippen LogP contribution in [0.15, 0.2) is 48.9 Å². The van der Waals surface area contributed by atoms with Crippen LogP contribution in [0.5, 0.6) is 0 Å². The summed E-state index contributed by atoms with van der Waals surface area (Å²) in [6.45, 7) is 4.51. The molecule has 0 bridgehead atoms. The minimum atomic E-state index is 0.0191. The second-order valence-corrected chi connectivity index (χ2v) is 6.97. The molecule has 6 heteroatoms. The van der Waals surface area contributed by atoms with Crippen molar-refractivity contribution in [2.45, 2.75) is 19.9 Å². The Kier molecular flexibility index (Phi) is 4.32. The second kappa shape index (κ2) is 6.78. The molecule has 0 radical (unpaired) electrons. The van der Waals surface area contributed by atoms with Crippen molar-refractivity contribution in [2.75, 3.05) is 13.1 Å². The third kappa shape index (κ3) is 3.03. The van der Waals surface area contributed by atoms with Crippen LogP contribution >= 0.6 is 0 Å². The number of benzene rings is 1. The molecule has 0 N–H and O–H groups in total. The Morgan fingerprint density at radius 1 is 1.23 bits per heavy atom. The normalized spacial score (nSPS) is 17.0. The Morgan fingerprint density at radius 3 is 2.77 bits per heavy atom. The van der Waals surface area contributed by atoms with E-state index in [0.717, 1.165) is 43.1 Å². The molecule has 3 aromatic rings. The molecular formula is C20H23N5O. The van der Waals surface area contributed by atoms with Crippen LogP contribution in [0.1, 0.15) is 22.7 Å². The van der Waals surface area contributed by atoms with E-state index < -0.39 is 0 Å². The molecule has 1 saturated heterocycles. The average Bonchev–Trinajstić information content (AvgIpc) is 3.37. The zero-order valence-electron chi connectivity index (χ0n) is 15.2. The van der Waals surface area contributed by atoms with Crippen molar-refractivity contribution in [1.29, 1.82) is 0 Å². The Bertz CT molecular complexity index is 911. The number of imidazole rings is 2. The largest absolute Gasteiger partial charge is 0.336 e. The maximum absolute atomic E-state index is 12.7. The Morgan fingerprint density at radius 2 is 2.04 bits per heavy atom. The lowest BCUT2D eigenvalue weighted by Crippen LogP contribution is -2.31. The molecule has 1 aliphatic heterocycles. The first-order chi connectivity index (χ1) is 12.6. The number of carbonyl (C=O) groups excluding carboxylic acids is 1. The van der Waals surface area contributed by atoms with E-state index >= 15 is 0 Å². The first-order valence-corrected chi connectivity index (χ1v) is 8.97. The minimum absolute atomic E-state index is 0.0191. The molecule has 6 nitrogen and oxygen atoms in total. The highest BCUT2D eigenvalue weighted by molar-refractivity contribution is 5.91. The monoisotopic (exact) mass is 349 g/mol. The molecule has 1 fully saturated rings. The molecule has 134 valence electrons. The predicted molar refractivity (Wildman–Crippen MR) is 99.6 cm³/mol. The molecule has 4 rings (SSSR count). The first-order valence-electron chi connectivity index (χ1n) is 8.97. The summed E-state index contributed by atoms with van der Waals surface area (Å²) in [6, 6.07) is 10.3. The SMILES string of the molecule is Cc1cnc(-c2ccccc2)n1CC1CCN(C(=O)c2nccn2C)C1. The van der Waals surface area contributed by atoms with Crippen LogP contribution in [0.25, 0.3) is 11.4 Å². The zero-order chi connectivity index (χ0) is 18.1. The topological polar surface area (TPSA) is 56.0 Å². The number of hydrogen-bond donors (Lipinski definition) is 0. The summed E-state index contributed by atoms with van der Waals surface area (Å²) in [4.78, 5) is 23.4. The maximum atomic E-state index is 12.7. The lowest BCUT2D eigenvalue weighted by Gasteiger charge is -2.18. The first kappa shape index (κ1) is 16.6. The Hall–Kier alpha value is -2.89. The second-order valence-electron chi connectivity index (χ2n) is 6.97. The number of aryl methyl sites for hydroxylation is 2. The summed E-state index contributed by atoms with van der Waals surface area (Å²) >= 11 is 0. The number of amides is 1. The van der Waals surface area contributed by atoms with Gasteiger partial charge in [0, 0.05) is 56.5 Å². The van der Waals surface area contributed by atoms with Crippen LogP contribution in [-0.4, -0.2) is 43.0 Å². The number of carbonyl (C=O) groups is 1. The van der Waals surface area contributed by atoms with Gasteiger partial charge in [0.1, 0.15) is 5.82 Å². The van der Waals surface area contributed by atoms with Gasteiger partial charge in [-0.2, -0.15) is 0 Å². The van der Waals surface area contributed by atoms with Crippen LogP contribution in [0.3, 0.4) is 0 Å². The number of rotatable bonds is 4. The van der Waals surface area contributed by atoms with Crippen molar-refractivity contribution in [3.8, 4) is 11.4 Å². The van der Waals surface area contributed by atoms with Gasteiger partial charge in [0.2, 0.25) is 0 Å². The zero-order valence-corrected chi connectivity index (χ0v) is 15.2. The third-order valence-corrected chi connectivity index (χ3v) is 5.11. The van der Waals surface area contributed by atoms with Crippen LogP contribution in [0.2, 0.25) is 0 Å². The molecule has 1 atom stereocenters. The molecule has 3 heterocycles. The lowest BCUT2D eigenvalue weighted by atomic mass is 10.1. The van der Waals surface area contributed by atoms with Gasteiger partial charge in [-0.1, -0.05) is 30.3 Å². The standard InChI is InChI=1S/C20H23N5O/c1-15-12-22-18(17-6-4-3-5-7-17)25(15)14-16-8-10-24(13-16)20(26)19-21-9-11-23(19)2/h3-7,9,11-12,16H,8,10,13-14H2,1-2H3. The molecule has 0 saturated carbocycles. The summed E-state index contributed by atoms with van der Waals surface area (Å²) in [5.41, 5.74) is 2.28. The van der Waals surface area contributed by atoms with Gasteiger partial charge in [0.15, 0.2) is 5.82 Å². The van der Waals surface area contributed by atoms with Crippen LogP contribution < -0.4 is 0 Å². The Labute approximate surface area is 153 Å². The van der Waals surface area contributed by atoms with Crippen molar-refractivity contribution < 1.29 is 4.79 Å². The van der Waals surface area contributed by atoms with E-state index in [1.54, 1.807) is 10.8 Å². The van der Waals surface area contributed by atoms with E-state index in [0.29, 0.717) is 11.7 Å². The number of nitrogens with zero attached hydrogens (tertiary/aromatic N) is 5. The van der Waals surface area contributed by atoms with Gasteiger partial charge in [-0.15, -0.1) is 0 Å². The molecular weight excluding hydrogens is 326 g/mol. The highest BCUT2D eigenvalue weighted by Gasteiger charge is 2.29. The highest BCUT2D eigenvalue weighted by atomic mass is 16.2. The molecule has 0 aliphatic carbocycles. The van der Waals surface area contributed by atoms with Gasteiger partial charge >= 0.3 is 0 Å². The Balaban J connectivity index is 1.49. The maximum Gasteiger partial charge on any atom is 0.289 e. The van der Waals surface area contributed by atoms with Crippen molar-refractivity contribution in [2.24, 2.45) is 13.0 Å². The molecule has 1 aliphatic rings. The smallest absolute Gasteiger partial charge is 0.289 e. The van der Waals surface area contributed by atoms with Crippen LogP contribution in [0, 0.1) is 12.8 Å². The van der Waals surface area contributed by atoms with Crippen molar-refractivity contribution >= 4 is 5.91 Å². The molecule has 1 unspecified atom stereocenters. The molecule has 1 amide bonds. The van der Waals surface area contributed by atoms with Gasteiger partial charge < -0.3 is 14.0 Å². The molecule has 0 spiro atoms. The summed E-state index contributed by atoms with van der Waals surface area (Å²) in [6.07, 6.45) is 6.40. The van der Waals surface area contributed by atoms with Crippen LogP contribution in [-0.2, 0) is 13.6 Å². The number of aromatic nitrogens is 4. The van der Waals surface area contributed by atoms with Gasteiger partial charge in [0.05, 0.1) is 0 Å². The van der Waals surface area contributed by atoms with E-state index in [4.69, 9.17) is 0 Å². The third-order valence-electron chi connectivity index (χ3n) is 5.11. The summed E-state index contributed by atoms with van der Waals surface area (Å²) < 4.78 is 4.05. The molecule has 26 heavy (non-hydrogen) atoms. The number of hydrogen-bond acceptors (Lipinski definition) is 3. The van der Waals surface area contributed by atoms with E-state index in [2.05, 4.69) is 33.6 Å². The minimum Gasteiger partial charge on any atom is -0.336 e. The van der Waals surface area contributed by atoms with E-state index in [-0.39, 0.29) is 5.91 Å². The van der Waals surface area contributed by atoms with Gasteiger partial charge in [-0.25, -0.2) is 9.97 Å². The molecule has 2 aromatic heterocycles. The van der Waals surface area contributed by atoms with Crippen LogP contribution in [0.4, 0.5) is 0 Å².